The van der Waals surface area contributed by atoms with E-state index in [1.807, 2.05) is 7.05 Å². The molecule has 116 valence electrons. The number of nitrogens with one attached hydrogen (secondary N) is 1. The van der Waals surface area contributed by atoms with Crippen molar-refractivity contribution in [3.63, 3.8) is 0 Å². The minimum absolute atomic E-state index is 0.240. The van der Waals surface area contributed by atoms with Crippen molar-refractivity contribution in [1.29, 1.82) is 0 Å². The lowest BCUT2D eigenvalue weighted by Gasteiger charge is -2.34. The van der Waals surface area contributed by atoms with Gasteiger partial charge in [-0.25, -0.2) is 0 Å². The van der Waals surface area contributed by atoms with Gasteiger partial charge in [0.15, 0.2) is 0 Å². The van der Waals surface area contributed by atoms with Crippen molar-refractivity contribution >= 4 is 15.9 Å². The van der Waals surface area contributed by atoms with Gasteiger partial charge >= 0.3 is 0 Å². The molecule has 3 nitrogen and oxygen atoms in total. The van der Waals surface area contributed by atoms with Crippen molar-refractivity contribution in [1.82, 2.24) is 5.32 Å². The molecule has 2 atom stereocenters. The van der Waals surface area contributed by atoms with E-state index in [2.05, 4.69) is 39.4 Å². The standard InChI is InChI=1S/C17H24BrNO2/c1-19-11-17(7-8-21-16(17)13-4-5-13)10-12-3-6-15(20-2)14(18)9-12/h3,6,9,13,16,19H,4-5,7-8,10-11H2,1-2H3. The molecule has 1 aromatic rings. The van der Waals surface area contributed by atoms with E-state index >= 15 is 0 Å². The normalized spacial score (nSPS) is 28.8. The Kier molecular flexibility index (Phi) is 4.57. The summed E-state index contributed by atoms with van der Waals surface area (Å²) < 4.78 is 12.5. The predicted molar refractivity (Wildman–Crippen MR) is 87.8 cm³/mol. The Balaban J connectivity index is 1.83. The van der Waals surface area contributed by atoms with Gasteiger partial charge in [0.2, 0.25) is 0 Å². The average molecular weight is 354 g/mol. The van der Waals surface area contributed by atoms with E-state index < -0.39 is 0 Å². The third-order valence-corrected chi connectivity index (χ3v) is 5.47. The van der Waals surface area contributed by atoms with Gasteiger partial charge in [0.05, 0.1) is 17.7 Å². The maximum Gasteiger partial charge on any atom is 0.133 e. The second-order valence-electron chi connectivity index (χ2n) is 6.42. The zero-order valence-electron chi connectivity index (χ0n) is 12.8. The first-order chi connectivity index (χ1) is 10.2. The van der Waals surface area contributed by atoms with E-state index in [-0.39, 0.29) is 5.41 Å². The monoisotopic (exact) mass is 353 g/mol. The SMILES string of the molecule is CNCC1(Cc2ccc(OC)c(Br)c2)CCOC1C1CC1. The summed E-state index contributed by atoms with van der Waals surface area (Å²) in [4.78, 5) is 0. The van der Waals surface area contributed by atoms with E-state index in [0.717, 1.165) is 42.1 Å². The van der Waals surface area contributed by atoms with Gasteiger partial charge in [-0.2, -0.15) is 0 Å². The molecular formula is C17H24BrNO2. The Labute approximate surface area is 135 Å². The van der Waals surface area contributed by atoms with Crippen molar-refractivity contribution in [2.24, 2.45) is 11.3 Å². The molecule has 21 heavy (non-hydrogen) atoms. The molecule has 2 fully saturated rings. The van der Waals surface area contributed by atoms with Crippen molar-refractivity contribution < 1.29 is 9.47 Å². The number of hydrogen-bond donors (Lipinski definition) is 1. The lowest BCUT2D eigenvalue weighted by atomic mass is 9.74. The molecule has 2 unspecified atom stereocenters. The Morgan fingerprint density at radius 3 is 2.86 bits per heavy atom. The van der Waals surface area contributed by atoms with Gasteiger partial charge in [-0.3, -0.25) is 0 Å². The van der Waals surface area contributed by atoms with E-state index in [9.17, 15) is 0 Å². The maximum absolute atomic E-state index is 6.12. The molecule has 1 N–H and O–H groups in total. The summed E-state index contributed by atoms with van der Waals surface area (Å²) in [7, 11) is 3.75. The predicted octanol–water partition coefficient (Wildman–Crippen LogP) is 3.40. The van der Waals surface area contributed by atoms with Gasteiger partial charge in [-0.15, -0.1) is 0 Å². The Morgan fingerprint density at radius 2 is 2.24 bits per heavy atom. The molecule has 3 rings (SSSR count). The summed E-state index contributed by atoms with van der Waals surface area (Å²) in [6.45, 7) is 1.93. The van der Waals surface area contributed by atoms with E-state index in [1.165, 1.54) is 18.4 Å². The first kappa shape index (κ1) is 15.3. The second-order valence-corrected chi connectivity index (χ2v) is 7.27. The van der Waals surface area contributed by atoms with Crippen LogP contribution in [-0.4, -0.2) is 33.4 Å². The Hall–Kier alpha value is -0.580. The van der Waals surface area contributed by atoms with Gasteiger partial charge in [-0.05, 0) is 72.3 Å². The molecule has 2 aliphatic rings. The lowest BCUT2D eigenvalue weighted by molar-refractivity contribution is 0.0314. The summed E-state index contributed by atoms with van der Waals surface area (Å²) in [6.07, 6.45) is 5.31. The van der Waals surface area contributed by atoms with Gasteiger partial charge in [0, 0.05) is 18.6 Å². The van der Waals surface area contributed by atoms with Gasteiger partial charge in [0.25, 0.3) is 0 Å². The molecular weight excluding hydrogens is 330 g/mol. The van der Waals surface area contributed by atoms with Crippen molar-refractivity contribution in [3.05, 3.63) is 28.2 Å². The third-order valence-electron chi connectivity index (χ3n) is 4.85. The Morgan fingerprint density at radius 1 is 1.43 bits per heavy atom. The fourth-order valence-electron chi connectivity index (χ4n) is 3.76. The zero-order chi connectivity index (χ0) is 14.9. The van der Waals surface area contributed by atoms with Crippen molar-refractivity contribution in [2.45, 2.75) is 31.8 Å². The van der Waals surface area contributed by atoms with Crippen LogP contribution in [0, 0.1) is 11.3 Å². The molecule has 0 radical (unpaired) electrons. The van der Waals surface area contributed by atoms with E-state index in [1.54, 1.807) is 7.11 Å². The number of rotatable bonds is 6. The molecule has 1 aliphatic carbocycles. The van der Waals surface area contributed by atoms with Crippen LogP contribution in [0.15, 0.2) is 22.7 Å². The minimum atomic E-state index is 0.240. The van der Waals surface area contributed by atoms with Crippen LogP contribution in [0.4, 0.5) is 0 Å². The van der Waals surface area contributed by atoms with Gasteiger partial charge < -0.3 is 14.8 Å². The van der Waals surface area contributed by atoms with Crippen molar-refractivity contribution in [3.8, 4) is 5.75 Å². The highest BCUT2D eigenvalue weighted by atomic mass is 79.9. The first-order valence-corrected chi connectivity index (χ1v) is 8.56. The molecule has 1 aliphatic heterocycles. The highest BCUT2D eigenvalue weighted by Gasteiger charge is 2.50. The quantitative estimate of drug-likeness (QED) is 0.849. The fourth-order valence-corrected chi connectivity index (χ4v) is 4.35. The molecule has 0 aromatic heterocycles. The van der Waals surface area contributed by atoms with Crippen LogP contribution in [0.1, 0.15) is 24.8 Å². The second kappa shape index (κ2) is 6.27. The molecule has 0 amide bonds. The molecule has 1 heterocycles. The van der Waals surface area contributed by atoms with E-state index in [4.69, 9.17) is 9.47 Å². The number of benzene rings is 1. The first-order valence-electron chi connectivity index (χ1n) is 7.77. The smallest absolute Gasteiger partial charge is 0.133 e. The van der Waals surface area contributed by atoms with Crippen molar-refractivity contribution in [2.75, 3.05) is 27.3 Å². The molecule has 0 bridgehead atoms. The fraction of sp³-hybridized carbons (Fsp3) is 0.647. The molecule has 0 spiro atoms. The molecule has 1 saturated carbocycles. The van der Waals surface area contributed by atoms with Crippen LogP contribution in [0.5, 0.6) is 5.75 Å². The largest absolute Gasteiger partial charge is 0.496 e. The average Bonchev–Trinajstić information content (AvgIpc) is 3.22. The number of ether oxygens (including phenoxy) is 2. The highest BCUT2D eigenvalue weighted by Crippen LogP contribution is 2.49. The third kappa shape index (κ3) is 3.13. The molecule has 1 saturated heterocycles. The molecule has 4 heteroatoms. The Bertz CT molecular complexity index is 504. The van der Waals surface area contributed by atoms with Crippen LogP contribution >= 0.6 is 15.9 Å². The van der Waals surface area contributed by atoms with Crippen LogP contribution in [-0.2, 0) is 11.2 Å². The number of halogens is 1. The number of hydrogen-bond acceptors (Lipinski definition) is 3. The highest BCUT2D eigenvalue weighted by molar-refractivity contribution is 9.10. The summed E-state index contributed by atoms with van der Waals surface area (Å²) in [5.41, 5.74) is 1.60. The van der Waals surface area contributed by atoms with Crippen LogP contribution < -0.4 is 10.1 Å². The molecule has 1 aromatic carbocycles. The number of methoxy groups -OCH3 is 1. The summed E-state index contributed by atoms with van der Waals surface area (Å²) in [5.74, 6) is 1.67. The van der Waals surface area contributed by atoms with Crippen LogP contribution in [0.2, 0.25) is 0 Å². The van der Waals surface area contributed by atoms with Gasteiger partial charge in [-0.1, -0.05) is 6.07 Å². The topological polar surface area (TPSA) is 30.5 Å². The maximum atomic E-state index is 6.12. The summed E-state index contributed by atoms with van der Waals surface area (Å²) in [6, 6.07) is 6.43. The van der Waals surface area contributed by atoms with Crippen LogP contribution in [0.25, 0.3) is 0 Å². The summed E-state index contributed by atoms with van der Waals surface area (Å²) in [5, 5.41) is 3.40. The minimum Gasteiger partial charge on any atom is -0.496 e. The van der Waals surface area contributed by atoms with Gasteiger partial charge in [0.1, 0.15) is 5.75 Å². The zero-order valence-corrected chi connectivity index (χ0v) is 14.4. The summed E-state index contributed by atoms with van der Waals surface area (Å²) >= 11 is 3.60. The van der Waals surface area contributed by atoms with Crippen LogP contribution in [0.3, 0.4) is 0 Å². The van der Waals surface area contributed by atoms with E-state index in [0.29, 0.717) is 6.10 Å². The lowest BCUT2D eigenvalue weighted by Crippen LogP contribution is -2.42.